The maximum atomic E-state index is 13.1. The first kappa shape index (κ1) is 16.1. The van der Waals surface area contributed by atoms with Gasteiger partial charge < -0.3 is 4.42 Å². The van der Waals surface area contributed by atoms with Crippen LogP contribution in [0.15, 0.2) is 59.3 Å². The lowest BCUT2D eigenvalue weighted by Crippen LogP contribution is -1.99. The highest BCUT2D eigenvalue weighted by molar-refractivity contribution is 5.91. The Hall–Kier alpha value is -2.82. The molecule has 2 aromatic heterocycles. The van der Waals surface area contributed by atoms with Gasteiger partial charge in [0.1, 0.15) is 11.5 Å². The Bertz CT molecular complexity index is 815. The van der Waals surface area contributed by atoms with Gasteiger partial charge in [0.2, 0.25) is 5.78 Å². The molecule has 3 rings (SSSR count). The van der Waals surface area contributed by atoms with Gasteiger partial charge in [0.15, 0.2) is 5.76 Å². The third kappa shape index (κ3) is 4.13. The van der Waals surface area contributed by atoms with Gasteiger partial charge in [-0.15, -0.1) is 0 Å². The molecular weight excluding hydrogens is 307 g/mol. The number of aromatic nitrogens is 2. The van der Waals surface area contributed by atoms with Gasteiger partial charge in [-0.05, 0) is 49.1 Å². The maximum Gasteiger partial charge on any atom is 0.263 e. The summed E-state index contributed by atoms with van der Waals surface area (Å²) in [6.07, 6.45) is 5.79. The van der Waals surface area contributed by atoms with E-state index in [0.717, 1.165) is 18.4 Å². The molecule has 0 aliphatic carbocycles. The summed E-state index contributed by atoms with van der Waals surface area (Å²) in [5.41, 5.74) is 1.59. The molecule has 0 N–H and O–H groups in total. The normalized spacial score (nSPS) is 10.7. The lowest BCUT2D eigenvalue weighted by molar-refractivity contribution is 0.0946. The van der Waals surface area contributed by atoms with Crippen LogP contribution in [0.3, 0.4) is 0 Å². The Balaban J connectivity index is 1.50. The van der Waals surface area contributed by atoms with E-state index in [-0.39, 0.29) is 17.5 Å². The summed E-state index contributed by atoms with van der Waals surface area (Å²) in [7, 11) is 0. The molecule has 3 aromatic rings. The van der Waals surface area contributed by atoms with Gasteiger partial charge >= 0.3 is 0 Å². The molecule has 0 saturated carbocycles. The lowest BCUT2D eigenvalue weighted by atomic mass is 10.1. The molecule has 0 radical (unpaired) electrons. The lowest BCUT2D eigenvalue weighted by Gasteiger charge is -2.01. The minimum atomic E-state index is -0.231. The second-order valence-electron chi connectivity index (χ2n) is 5.50. The second-order valence-corrected chi connectivity index (χ2v) is 5.50. The number of nitrogens with zero attached hydrogens (tertiary/aromatic N) is 2. The summed E-state index contributed by atoms with van der Waals surface area (Å²) in [6, 6.07) is 12.0. The highest BCUT2D eigenvalue weighted by atomic mass is 19.1. The van der Waals surface area contributed by atoms with Gasteiger partial charge in [0, 0.05) is 12.6 Å². The van der Waals surface area contributed by atoms with Crippen molar-refractivity contribution in [2.75, 3.05) is 0 Å². The van der Waals surface area contributed by atoms with Crippen molar-refractivity contribution in [3.8, 4) is 11.5 Å². The first-order valence-electron chi connectivity index (χ1n) is 7.87. The van der Waals surface area contributed by atoms with E-state index in [1.807, 2.05) is 18.2 Å². The van der Waals surface area contributed by atoms with Gasteiger partial charge in [0.25, 0.3) is 5.89 Å². The number of rotatable bonds is 7. The minimum absolute atomic E-state index is 0.112. The van der Waals surface area contributed by atoms with E-state index in [1.54, 1.807) is 18.3 Å². The summed E-state index contributed by atoms with van der Waals surface area (Å²) in [6.45, 7) is 0. The second kappa shape index (κ2) is 7.64. The molecule has 0 amide bonds. The zero-order valence-corrected chi connectivity index (χ0v) is 13.1. The number of pyridine rings is 1. The largest absolute Gasteiger partial charge is 0.432 e. The zero-order chi connectivity index (χ0) is 16.8. The number of benzene rings is 1. The quantitative estimate of drug-likeness (QED) is 0.475. The average molecular weight is 324 g/mol. The number of ketones is 1. The van der Waals surface area contributed by atoms with E-state index in [2.05, 4.69) is 9.97 Å². The molecule has 0 spiro atoms. The van der Waals surface area contributed by atoms with E-state index in [4.69, 9.17) is 4.42 Å². The van der Waals surface area contributed by atoms with E-state index in [9.17, 15) is 9.18 Å². The van der Waals surface area contributed by atoms with Crippen LogP contribution in [0.5, 0.6) is 0 Å². The topological polar surface area (TPSA) is 56.0 Å². The van der Waals surface area contributed by atoms with Gasteiger partial charge in [-0.25, -0.2) is 9.37 Å². The van der Waals surface area contributed by atoms with E-state index in [1.165, 1.54) is 18.3 Å². The molecule has 0 aliphatic heterocycles. The third-order valence-corrected chi connectivity index (χ3v) is 3.67. The Morgan fingerprint density at radius 1 is 1.08 bits per heavy atom. The number of halogens is 1. The fraction of sp³-hybridized carbons (Fsp3) is 0.211. The summed E-state index contributed by atoms with van der Waals surface area (Å²) >= 11 is 0. The van der Waals surface area contributed by atoms with E-state index < -0.39 is 0 Å². The Kier molecular flexibility index (Phi) is 5.11. The predicted octanol–water partition coefficient (Wildman–Crippen LogP) is 4.47. The zero-order valence-electron chi connectivity index (χ0n) is 13.1. The monoisotopic (exact) mass is 324 g/mol. The summed E-state index contributed by atoms with van der Waals surface area (Å²) in [5, 5.41) is 0. The van der Waals surface area contributed by atoms with Crippen LogP contribution in [0.2, 0.25) is 0 Å². The fourth-order valence-corrected chi connectivity index (χ4v) is 2.44. The van der Waals surface area contributed by atoms with Crippen molar-refractivity contribution in [2.24, 2.45) is 0 Å². The molecule has 0 atom stereocenters. The Morgan fingerprint density at radius 3 is 2.79 bits per heavy atom. The van der Waals surface area contributed by atoms with Crippen molar-refractivity contribution in [3.05, 3.63) is 72.1 Å². The summed E-state index contributed by atoms with van der Waals surface area (Å²) < 4.78 is 18.6. The number of hydrogen-bond acceptors (Lipinski definition) is 4. The molecule has 0 unspecified atom stereocenters. The van der Waals surface area contributed by atoms with Crippen LogP contribution in [0.25, 0.3) is 11.5 Å². The average Bonchev–Trinajstić information content (AvgIpc) is 3.10. The number of hydrogen-bond donors (Lipinski definition) is 0. The van der Waals surface area contributed by atoms with Gasteiger partial charge in [-0.3, -0.25) is 9.78 Å². The van der Waals surface area contributed by atoms with Crippen molar-refractivity contribution in [1.82, 2.24) is 9.97 Å². The molecule has 0 fully saturated rings. The van der Waals surface area contributed by atoms with Crippen LogP contribution < -0.4 is 0 Å². The molecule has 122 valence electrons. The number of Topliss-reactive ketones (excluding diaryl/α,β-unsaturated/α-hetero) is 1. The predicted molar refractivity (Wildman–Crippen MR) is 88.0 cm³/mol. The van der Waals surface area contributed by atoms with Crippen LogP contribution in [0.1, 0.15) is 35.5 Å². The van der Waals surface area contributed by atoms with Gasteiger partial charge in [-0.1, -0.05) is 18.2 Å². The first-order valence-corrected chi connectivity index (χ1v) is 7.87. The standard InChI is InChI=1S/C19H17FN2O2/c20-15-8-5-7-14(12-15)6-1-2-10-17(23)19-22-13-18(24-19)16-9-3-4-11-21-16/h3-5,7-9,11-13H,1-2,6,10H2. The minimum Gasteiger partial charge on any atom is -0.432 e. The van der Waals surface area contributed by atoms with Crippen molar-refractivity contribution in [2.45, 2.75) is 25.7 Å². The number of carbonyl (C=O) groups is 1. The number of carbonyl (C=O) groups excluding carboxylic acids is 1. The van der Waals surface area contributed by atoms with Crippen LogP contribution in [-0.2, 0) is 6.42 Å². The molecule has 2 heterocycles. The Morgan fingerprint density at radius 2 is 2.00 bits per heavy atom. The summed E-state index contributed by atoms with van der Waals surface area (Å²) in [5.74, 6) is 0.238. The molecule has 5 heteroatoms. The molecule has 4 nitrogen and oxygen atoms in total. The fourth-order valence-electron chi connectivity index (χ4n) is 2.44. The van der Waals surface area contributed by atoms with Crippen LogP contribution >= 0.6 is 0 Å². The van der Waals surface area contributed by atoms with Gasteiger partial charge in [-0.2, -0.15) is 0 Å². The highest BCUT2D eigenvalue weighted by Gasteiger charge is 2.14. The number of oxazole rings is 1. The molecule has 24 heavy (non-hydrogen) atoms. The maximum absolute atomic E-state index is 13.1. The van der Waals surface area contributed by atoms with Crippen molar-refractivity contribution in [3.63, 3.8) is 0 Å². The highest BCUT2D eigenvalue weighted by Crippen LogP contribution is 2.19. The van der Waals surface area contributed by atoms with Crippen LogP contribution in [-0.4, -0.2) is 15.8 Å². The molecular formula is C19H17FN2O2. The van der Waals surface area contributed by atoms with Gasteiger partial charge in [0.05, 0.1) is 6.20 Å². The smallest absolute Gasteiger partial charge is 0.263 e. The molecule has 0 bridgehead atoms. The van der Waals surface area contributed by atoms with E-state index in [0.29, 0.717) is 24.3 Å². The van der Waals surface area contributed by atoms with Crippen molar-refractivity contribution in [1.29, 1.82) is 0 Å². The van der Waals surface area contributed by atoms with Crippen molar-refractivity contribution < 1.29 is 13.6 Å². The third-order valence-electron chi connectivity index (χ3n) is 3.67. The molecule has 1 aromatic carbocycles. The van der Waals surface area contributed by atoms with Crippen LogP contribution in [0.4, 0.5) is 4.39 Å². The van der Waals surface area contributed by atoms with Crippen molar-refractivity contribution >= 4 is 5.78 Å². The SMILES string of the molecule is O=C(CCCCc1cccc(F)c1)c1ncc(-c2ccccn2)o1. The van der Waals surface area contributed by atoms with Crippen LogP contribution in [0, 0.1) is 5.82 Å². The first-order chi connectivity index (χ1) is 11.7. The summed E-state index contributed by atoms with van der Waals surface area (Å²) in [4.78, 5) is 20.3. The van der Waals surface area contributed by atoms with E-state index >= 15 is 0 Å². The molecule has 0 saturated heterocycles. The Labute approximate surface area is 139 Å². The number of aryl methyl sites for hydroxylation is 1. The number of unbranched alkanes of at least 4 members (excludes halogenated alkanes) is 1. The molecule has 0 aliphatic rings.